The van der Waals surface area contributed by atoms with Crippen LogP contribution in [-0.4, -0.2) is 50.9 Å². The van der Waals surface area contributed by atoms with Gasteiger partial charge in [0.25, 0.3) is 0 Å². The van der Waals surface area contributed by atoms with E-state index in [-0.39, 0.29) is 35.7 Å². The molecule has 232 valence electrons. The van der Waals surface area contributed by atoms with Gasteiger partial charge in [-0.05, 0) is 49.2 Å². The molecule has 4 atom stereocenters. The van der Waals surface area contributed by atoms with Crippen molar-refractivity contribution in [2.75, 3.05) is 13.1 Å². The number of alkyl halides is 2. The smallest absolute Gasteiger partial charge is 0.243 e. The lowest BCUT2D eigenvalue weighted by atomic mass is 10.1. The predicted molar refractivity (Wildman–Crippen MR) is 168 cm³/mol. The maximum Gasteiger partial charge on any atom is 0.243 e. The summed E-state index contributed by atoms with van der Waals surface area (Å²) in [4.78, 5) is 0.432. The Kier molecular flexibility index (Phi) is 9.65. The highest BCUT2D eigenvalue weighted by atomic mass is 32.2. The van der Waals surface area contributed by atoms with Gasteiger partial charge in [0.05, 0.1) is 21.9 Å². The number of benzene rings is 4. The maximum absolute atomic E-state index is 13.9. The van der Waals surface area contributed by atoms with E-state index in [0.717, 1.165) is 22.3 Å². The number of aryl methyl sites for hydroxylation is 2. The normalized spacial score (nSPS) is 22.8. The first-order chi connectivity index (χ1) is 21.0. The van der Waals surface area contributed by atoms with E-state index in [1.54, 1.807) is 48.5 Å². The summed E-state index contributed by atoms with van der Waals surface area (Å²) in [5, 5.41) is 0. The van der Waals surface area contributed by atoms with Crippen LogP contribution in [-0.2, 0) is 20.0 Å². The van der Waals surface area contributed by atoms with Gasteiger partial charge in [0, 0.05) is 25.9 Å². The lowest BCUT2D eigenvalue weighted by molar-refractivity contribution is 0.342. The molecule has 0 unspecified atom stereocenters. The topological polar surface area (TPSA) is 74.8 Å². The third kappa shape index (κ3) is 6.94. The Bertz CT molecular complexity index is 1620. The molecule has 0 amide bonds. The summed E-state index contributed by atoms with van der Waals surface area (Å²) in [7, 11) is -7.38. The quantitative estimate of drug-likeness (QED) is 0.229. The van der Waals surface area contributed by atoms with Crippen molar-refractivity contribution >= 4 is 20.0 Å². The average molecular weight is 639 g/mol. The summed E-state index contributed by atoms with van der Waals surface area (Å²) in [6, 6.07) is 31.0. The predicted octanol–water partition coefficient (Wildman–Crippen LogP) is 6.94. The standard InChI is InChI=1S/2C17H18FNO2S/c2*1-13-7-9-16(10-8-13)22(20,21)19-12-15(18)11-17(19)14-5-3-2-4-6-14/h2*2-10,15,17H,11-12H2,1H3/t2*15-,17-/m10/s1. The van der Waals surface area contributed by atoms with E-state index >= 15 is 0 Å². The van der Waals surface area contributed by atoms with Crippen LogP contribution in [0.4, 0.5) is 8.78 Å². The van der Waals surface area contributed by atoms with E-state index in [0.29, 0.717) is 0 Å². The van der Waals surface area contributed by atoms with Gasteiger partial charge in [0.2, 0.25) is 20.0 Å². The highest BCUT2D eigenvalue weighted by molar-refractivity contribution is 7.89. The van der Waals surface area contributed by atoms with Crippen molar-refractivity contribution in [1.82, 2.24) is 8.61 Å². The van der Waals surface area contributed by atoms with Gasteiger partial charge in [-0.2, -0.15) is 8.61 Å². The van der Waals surface area contributed by atoms with Crippen LogP contribution in [0.1, 0.15) is 47.2 Å². The first kappa shape index (κ1) is 32.0. The summed E-state index contributed by atoms with van der Waals surface area (Å²) in [5.41, 5.74) is 3.64. The molecular formula is C34H36F2N2O4S2. The highest BCUT2D eigenvalue weighted by Gasteiger charge is 2.42. The van der Waals surface area contributed by atoms with Gasteiger partial charge in [-0.25, -0.2) is 25.6 Å². The number of hydrogen-bond donors (Lipinski definition) is 0. The first-order valence-electron chi connectivity index (χ1n) is 14.5. The summed E-state index contributed by atoms with van der Waals surface area (Å²) in [6.07, 6.45) is -1.86. The van der Waals surface area contributed by atoms with Crippen LogP contribution in [0.15, 0.2) is 119 Å². The number of rotatable bonds is 6. The molecule has 0 aliphatic carbocycles. The van der Waals surface area contributed by atoms with Gasteiger partial charge >= 0.3 is 0 Å². The number of hydrogen-bond acceptors (Lipinski definition) is 4. The summed E-state index contributed by atoms with van der Waals surface area (Å²) >= 11 is 0. The van der Waals surface area contributed by atoms with Crippen LogP contribution in [0.25, 0.3) is 0 Å². The molecule has 4 aromatic carbocycles. The van der Waals surface area contributed by atoms with Gasteiger partial charge in [-0.1, -0.05) is 96.1 Å². The molecule has 2 fully saturated rings. The molecule has 0 N–H and O–H groups in total. The van der Waals surface area contributed by atoms with Crippen molar-refractivity contribution in [1.29, 1.82) is 0 Å². The van der Waals surface area contributed by atoms with Gasteiger partial charge in [0.1, 0.15) is 12.3 Å². The summed E-state index contributed by atoms with van der Waals surface area (Å²) in [5.74, 6) is 0. The second kappa shape index (κ2) is 13.3. The average Bonchev–Trinajstić information content (AvgIpc) is 3.62. The Labute approximate surface area is 259 Å². The zero-order valence-electron chi connectivity index (χ0n) is 24.6. The van der Waals surface area contributed by atoms with E-state index < -0.39 is 44.5 Å². The molecule has 2 aliphatic heterocycles. The summed E-state index contributed by atoms with van der Waals surface area (Å²) < 4.78 is 81.7. The zero-order chi connectivity index (χ0) is 31.5. The van der Waals surface area contributed by atoms with E-state index in [1.165, 1.54) is 8.61 Å². The van der Waals surface area contributed by atoms with Crippen LogP contribution in [0.5, 0.6) is 0 Å². The Morgan fingerprint density at radius 3 is 1.16 bits per heavy atom. The molecular weight excluding hydrogens is 603 g/mol. The Morgan fingerprint density at radius 1 is 0.523 bits per heavy atom. The molecule has 2 saturated heterocycles. The molecule has 44 heavy (non-hydrogen) atoms. The van der Waals surface area contributed by atoms with Crippen molar-refractivity contribution in [3.05, 3.63) is 131 Å². The monoisotopic (exact) mass is 638 g/mol. The van der Waals surface area contributed by atoms with E-state index in [2.05, 4.69) is 0 Å². The van der Waals surface area contributed by atoms with Crippen LogP contribution in [0, 0.1) is 13.8 Å². The van der Waals surface area contributed by atoms with Crippen molar-refractivity contribution in [2.45, 2.75) is 60.9 Å². The van der Waals surface area contributed by atoms with E-state index in [9.17, 15) is 25.6 Å². The Morgan fingerprint density at radius 2 is 0.841 bits per heavy atom. The maximum atomic E-state index is 13.9. The largest absolute Gasteiger partial charge is 0.246 e. The van der Waals surface area contributed by atoms with Crippen molar-refractivity contribution < 1.29 is 25.6 Å². The minimum Gasteiger partial charge on any atom is -0.246 e. The second-order valence-electron chi connectivity index (χ2n) is 11.3. The van der Waals surface area contributed by atoms with Crippen LogP contribution in [0.2, 0.25) is 0 Å². The van der Waals surface area contributed by atoms with Crippen LogP contribution in [0.3, 0.4) is 0 Å². The fraction of sp³-hybridized carbons (Fsp3) is 0.294. The van der Waals surface area contributed by atoms with Gasteiger partial charge in [-0.15, -0.1) is 0 Å². The third-order valence-corrected chi connectivity index (χ3v) is 11.8. The highest BCUT2D eigenvalue weighted by Crippen LogP contribution is 2.39. The lowest BCUT2D eigenvalue weighted by Crippen LogP contribution is -2.31. The van der Waals surface area contributed by atoms with E-state index in [1.807, 2.05) is 74.5 Å². The minimum atomic E-state index is -3.69. The molecule has 4 aromatic rings. The van der Waals surface area contributed by atoms with Gasteiger partial charge < -0.3 is 0 Å². The lowest BCUT2D eigenvalue weighted by Gasteiger charge is -2.24. The second-order valence-corrected chi connectivity index (χ2v) is 15.1. The van der Waals surface area contributed by atoms with Crippen molar-refractivity contribution in [2.24, 2.45) is 0 Å². The van der Waals surface area contributed by atoms with Crippen molar-refractivity contribution in [3.63, 3.8) is 0 Å². The molecule has 0 bridgehead atoms. The molecule has 2 heterocycles. The van der Waals surface area contributed by atoms with Crippen molar-refractivity contribution in [3.8, 4) is 0 Å². The fourth-order valence-corrected chi connectivity index (χ4v) is 8.99. The number of nitrogens with zero attached hydrogens (tertiary/aromatic N) is 2. The number of sulfonamides is 2. The molecule has 10 heteroatoms. The molecule has 0 radical (unpaired) electrons. The molecule has 0 aromatic heterocycles. The third-order valence-electron chi connectivity index (χ3n) is 8.03. The SMILES string of the molecule is Cc1ccc(S(=O)(=O)N2C[C@@H](F)C[C@H]2c2ccccc2)cc1.Cc1ccc(S(=O)(=O)N2C[C@H](F)C[C@@H]2c2ccccc2)cc1. The minimum absolute atomic E-state index is 0.0875. The Balaban J connectivity index is 0.000000175. The van der Waals surface area contributed by atoms with Crippen LogP contribution < -0.4 is 0 Å². The molecule has 6 rings (SSSR count). The molecule has 0 saturated carbocycles. The molecule has 6 nitrogen and oxygen atoms in total. The summed E-state index contributed by atoms with van der Waals surface area (Å²) in [6.45, 7) is 3.62. The van der Waals surface area contributed by atoms with Gasteiger partial charge in [-0.3, -0.25) is 0 Å². The first-order valence-corrected chi connectivity index (χ1v) is 17.4. The molecule has 2 aliphatic rings. The fourth-order valence-electron chi connectivity index (χ4n) is 5.69. The van der Waals surface area contributed by atoms with Crippen LogP contribution >= 0.6 is 0 Å². The number of halogens is 2. The van der Waals surface area contributed by atoms with Gasteiger partial charge in [0.15, 0.2) is 0 Å². The zero-order valence-corrected chi connectivity index (χ0v) is 26.3. The Hall–Kier alpha value is -3.44. The van der Waals surface area contributed by atoms with E-state index in [4.69, 9.17) is 0 Å². The molecule has 0 spiro atoms.